The number of halogens is 1. The molecule has 4 aromatic rings. The van der Waals surface area contributed by atoms with Crippen LogP contribution in [0.1, 0.15) is 24.8 Å². The Morgan fingerprint density at radius 1 is 1.16 bits per heavy atom. The van der Waals surface area contributed by atoms with Crippen LogP contribution in [-0.4, -0.2) is 32.5 Å². The molecule has 1 aliphatic heterocycles. The molecule has 2 aromatic carbocycles. The Bertz CT molecular complexity index is 1350. The summed E-state index contributed by atoms with van der Waals surface area (Å²) < 4.78 is 16.3. The third-order valence-electron chi connectivity index (χ3n) is 5.88. The van der Waals surface area contributed by atoms with Crippen molar-refractivity contribution in [3.8, 4) is 28.5 Å². The van der Waals surface area contributed by atoms with Crippen molar-refractivity contribution in [2.24, 2.45) is 12.8 Å². The zero-order valence-corrected chi connectivity index (χ0v) is 17.7. The van der Waals surface area contributed by atoms with Crippen LogP contribution in [0.3, 0.4) is 0 Å². The molecule has 160 valence electrons. The van der Waals surface area contributed by atoms with Crippen LogP contribution in [0, 0.1) is 17.1 Å². The largest absolute Gasteiger partial charge is 0.326 e. The van der Waals surface area contributed by atoms with Gasteiger partial charge in [-0.05, 0) is 49.1 Å². The summed E-state index contributed by atoms with van der Waals surface area (Å²) >= 11 is 0. The maximum atomic E-state index is 14.5. The Kier molecular flexibility index (Phi) is 5.04. The minimum atomic E-state index is -0.575. The van der Waals surface area contributed by atoms with Crippen LogP contribution >= 0.6 is 0 Å². The van der Waals surface area contributed by atoms with Gasteiger partial charge < -0.3 is 10.6 Å². The Hall–Kier alpha value is -3.83. The number of anilines is 1. The standard InChI is InChI=1S/C24H22FN7/c1-31-14-18-10-15(7-8-21(18)30-31)19-13-28-24(32-9-3-2-4-22(32)27)29-23(19)16-5-6-17(12-26)20(25)11-16/h5-8,10-11,13-14,22H,2-4,9,27H2,1H3. The third-order valence-corrected chi connectivity index (χ3v) is 5.88. The van der Waals surface area contributed by atoms with Gasteiger partial charge in [-0.25, -0.2) is 14.4 Å². The van der Waals surface area contributed by atoms with Crippen LogP contribution in [0.15, 0.2) is 48.8 Å². The minimum Gasteiger partial charge on any atom is -0.326 e. The van der Waals surface area contributed by atoms with E-state index in [1.165, 1.54) is 12.1 Å². The Balaban J connectivity index is 1.68. The Labute approximate surface area is 184 Å². The van der Waals surface area contributed by atoms with E-state index in [-0.39, 0.29) is 11.7 Å². The summed E-state index contributed by atoms with van der Waals surface area (Å²) in [6, 6.07) is 12.4. The maximum absolute atomic E-state index is 14.5. The molecule has 0 amide bonds. The molecule has 1 fully saturated rings. The molecule has 1 unspecified atom stereocenters. The molecular formula is C24H22FN7. The number of nitriles is 1. The molecule has 8 heteroatoms. The van der Waals surface area contributed by atoms with Crippen LogP contribution in [0.2, 0.25) is 0 Å². The molecule has 32 heavy (non-hydrogen) atoms. The second kappa shape index (κ2) is 8.02. The molecule has 0 radical (unpaired) electrons. The van der Waals surface area contributed by atoms with E-state index >= 15 is 0 Å². The number of piperidine rings is 1. The van der Waals surface area contributed by atoms with Gasteiger partial charge in [0.15, 0.2) is 0 Å². The lowest BCUT2D eigenvalue weighted by Crippen LogP contribution is -2.46. The highest BCUT2D eigenvalue weighted by molar-refractivity contribution is 5.88. The number of aryl methyl sites for hydroxylation is 1. The molecule has 0 bridgehead atoms. The molecule has 0 spiro atoms. The summed E-state index contributed by atoms with van der Waals surface area (Å²) in [5, 5.41) is 14.5. The van der Waals surface area contributed by atoms with Gasteiger partial charge in [0, 0.05) is 42.5 Å². The van der Waals surface area contributed by atoms with E-state index in [1.807, 2.05) is 42.4 Å². The van der Waals surface area contributed by atoms with Crippen LogP contribution in [-0.2, 0) is 7.05 Å². The average Bonchev–Trinajstić information content (AvgIpc) is 3.18. The number of aromatic nitrogens is 4. The van der Waals surface area contributed by atoms with Gasteiger partial charge in [0.05, 0.1) is 22.9 Å². The number of benzene rings is 2. The summed E-state index contributed by atoms with van der Waals surface area (Å²) in [6.07, 6.45) is 6.55. The van der Waals surface area contributed by atoms with Crippen molar-refractivity contribution in [3.63, 3.8) is 0 Å². The first-order chi connectivity index (χ1) is 15.5. The summed E-state index contributed by atoms with van der Waals surface area (Å²) in [5.41, 5.74) is 10.1. The first kappa shape index (κ1) is 20.1. The van der Waals surface area contributed by atoms with E-state index in [9.17, 15) is 4.39 Å². The van der Waals surface area contributed by atoms with Crippen LogP contribution in [0.5, 0.6) is 0 Å². The fraction of sp³-hybridized carbons (Fsp3) is 0.250. The van der Waals surface area contributed by atoms with E-state index in [4.69, 9.17) is 16.0 Å². The minimum absolute atomic E-state index is 0.000545. The zero-order chi connectivity index (χ0) is 22.2. The molecule has 3 heterocycles. The van der Waals surface area contributed by atoms with Crippen molar-refractivity contribution < 1.29 is 4.39 Å². The molecular weight excluding hydrogens is 405 g/mol. The molecule has 7 nitrogen and oxygen atoms in total. The van der Waals surface area contributed by atoms with Crippen molar-refractivity contribution in [1.82, 2.24) is 19.7 Å². The SMILES string of the molecule is Cn1cc2cc(-c3cnc(N4CCCCC4N)nc3-c3ccc(C#N)c(F)c3)ccc2n1. The van der Waals surface area contributed by atoms with Crippen LogP contribution in [0.25, 0.3) is 33.3 Å². The number of nitrogens with two attached hydrogens (primary N) is 1. The van der Waals surface area contributed by atoms with Gasteiger partial charge in [0.25, 0.3) is 0 Å². The van der Waals surface area contributed by atoms with Gasteiger partial charge in [-0.2, -0.15) is 10.4 Å². The summed E-state index contributed by atoms with van der Waals surface area (Å²) in [5.74, 6) is -0.0447. The summed E-state index contributed by atoms with van der Waals surface area (Å²) in [7, 11) is 1.88. The monoisotopic (exact) mass is 427 g/mol. The van der Waals surface area contributed by atoms with E-state index in [0.717, 1.165) is 47.8 Å². The molecule has 1 atom stereocenters. The second-order valence-corrected chi connectivity index (χ2v) is 8.07. The molecule has 0 saturated carbocycles. The molecule has 2 aromatic heterocycles. The van der Waals surface area contributed by atoms with Crippen molar-refractivity contribution in [2.75, 3.05) is 11.4 Å². The highest BCUT2D eigenvalue weighted by Crippen LogP contribution is 2.34. The van der Waals surface area contributed by atoms with Crippen molar-refractivity contribution in [1.29, 1.82) is 5.26 Å². The zero-order valence-electron chi connectivity index (χ0n) is 17.7. The van der Waals surface area contributed by atoms with E-state index in [1.54, 1.807) is 16.9 Å². The van der Waals surface area contributed by atoms with Gasteiger partial charge in [0.2, 0.25) is 5.95 Å². The lowest BCUT2D eigenvalue weighted by atomic mass is 9.99. The smallest absolute Gasteiger partial charge is 0.227 e. The maximum Gasteiger partial charge on any atom is 0.227 e. The van der Waals surface area contributed by atoms with E-state index in [2.05, 4.69) is 10.1 Å². The van der Waals surface area contributed by atoms with Crippen LogP contribution < -0.4 is 10.6 Å². The van der Waals surface area contributed by atoms with Crippen molar-refractivity contribution in [2.45, 2.75) is 25.4 Å². The van der Waals surface area contributed by atoms with Gasteiger partial charge >= 0.3 is 0 Å². The molecule has 2 N–H and O–H groups in total. The van der Waals surface area contributed by atoms with E-state index in [0.29, 0.717) is 17.2 Å². The predicted octanol–water partition coefficient (Wildman–Crippen LogP) is 3.98. The van der Waals surface area contributed by atoms with Crippen molar-refractivity contribution in [3.05, 3.63) is 60.2 Å². The predicted molar refractivity (Wildman–Crippen MR) is 121 cm³/mol. The lowest BCUT2D eigenvalue weighted by molar-refractivity contribution is 0.463. The molecule has 5 rings (SSSR count). The van der Waals surface area contributed by atoms with Gasteiger partial charge in [-0.1, -0.05) is 12.1 Å². The quantitative estimate of drug-likeness (QED) is 0.531. The number of fused-ring (bicyclic) bond motifs is 1. The number of rotatable bonds is 3. The van der Waals surface area contributed by atoms with E-state index < -0.39 is 5.82 Å². The number of hydrogen-bond donors (Lipinski definition) is 1. The molecule has 1 aliphatic rings. The highest BCUT2D eigenvalue weighted by atomic mass is 19.1. The number of hydrogen-bond acceptors (Lipinski definition) is 6. The third kappa shape index (κ3) is 3.57. The summed E-state index contributed by atoms with van der Waals surface area (Å²) in [6.45, 7) is 0.781. The fourth-order valence-corrected chi connectivity index (χ4v) is 4.22. The van der Waals surface area contributed by atoms with Crippen LogP contribution in [0.4, 0.5) is 10.3 Å². The molecule has 1 saturated heterocycles. The van der Waals surface area contributed by atoms with Gasteiger partial charge in [0.1, 0.15) is 11.9 Å². The summed E-state index contributed by atoms with van der Waals surface area (Å²) in [4.78, 5) is 11.5. The van der Waals surface area contributed by atoms with Gasteiger partial charge in [-0.15, -0.1) is 0 Å². The topological polar surface area (TPSA) is 96.6 Å². The fourth-order valence-electron chi connectivity index (χ4n) is 4.22. The first-order valence-corrected chi connectivity index (χ1v) is 10.6. The normalized spacial score (nSPS) is 16.3. The Morgan fingerprint density at radius 2 is 2.00 bits per heavy atom. The average molecular weight is 427 g/mol. The highest BCUT2D eigenvalue weighted by Gasteiger charge is 2.23. The number of nitrogens with zero attached hydrogens (tertiary/aromatic N) is 6. The molecule has 0 aliphatic carbocycles. The van der Waals surface area contributed by atoms with Gasteiger partial charge in [-0.3, -0.25) is 4.68 Å². The lowest BCUT2D eigenvalue weighted by Gasteiger charge is -2.33. The first-order valence-electron chi connectivity index (χ1n) is 10.6. The second-order valence-electron chi connectivity index (χ2n) is 8.07. The van der Waals surface area contributed by atoms with Crippen molar-refractivity contribution >= 4 is 16.9 Å². The Morgan fingerprint density at radius 3 is 2.78 bits per heavy atom.